The number of nitrogens with one attached hydrogen (secondary N) is 1. The zero-order valence-corrected chi connectivity index (χ0v) is 14.0. The van der Waals surface area contributed by atoms with E-state index in [1.54, 1.807) is 24.3 Å². The number of carbonyl (C=O) groups is 2. The molecule has 0 fully saturated rings. The average molecular weight is 348 g/mol. The minimum atomic E-state index is -0.603. The molecule has 26 heavy (non-hydrogen) atoms. The maximum atomic E-state index is 12.1. The standard InChI is InChI=1S/C19H16N4O3/c1-13(24)14-7-9-16(10-8-14)21-18(25)12-23-19(26)22-17(11-20-23)15-5-3-2-4-6-15/h2-11H,12H2,1H3,(H,21,25). The van der Waals surface area contributed by atoms with Gasteiger partial charge in [0.25, 0.3) is 0 Å². The molecule has 0 aliphatic heterocycles. The second kappa shape index (κ2) is 7.52. The van der Waals surface area contributed by atoms with E-state index in [9.17, 15) is 14.4 Å². The highest BCUT2D eigenvalue weighted by molar-refractivity contribution is 5.95. The minimum absolute atomic E-state index is 0.0526. The van der Waals surface area contributed by atoms with Gasteiger partial charge in [0, 0.05) is 16.8 Å². The van der Waals surface area contributed by atoms with Crippen molar-refractivity contribution in [1.29, 1.82) is 0 Å². The van der Waals surface area contributed by atoms with Crippen LogP contribution in [0.4, 0.5) is 5.69 Å². The number of hydrogen-bond donors (Lipinski definition) is 1. The minimum Gasteiger partial charge on any atom is -0.324 e. The van der Waals surface area contributed by atoms with Crippen LogP contribution in [0.2, 0.25) is 0 Å². The van der Waals surface area contributed by atoms with Gasteiger partial charge in [-0.2, -0.15) is 10.1 Å². The molecule has 7 nitrogen and oxygen atoms in total. The first-order chi connectivity index (χ1) is 12.5. The van der Waals surface area contributed by atoms with Crippen molar-refractivity contribution in [3.8, 4) is 11.3 Å². The van der Waals surface area contributed by atoms with E-state index in [0.717, 1.165) is 10.2 Å². The molecule has 0 saturated carbocycles. The number of nitrogens with zero attached hydrogens (tertiary/aromatic N) is 3. The number of Topliss-reactive ketones (excluding diaryl/α,β-unsaturated/α-hetero) is 1. The van der Waals surface area contributed by atoms with Crippen LogP contribution < -0.4 is 11.0 Å². The molecule has 0 unspecified atom stereocenters. The number of anilines is 1. The van der Waals surface area contributed by atoms with Gasteiger partial charge in [-0.1, -0.05) is 30.3 Å². The van der Waals surface area contributed by atoms with Crippen molar-refractivity contribution < 1.29 is 9.59 Å². The molecule has 0 aliphatic rings. The van der Waals surface area contributed by atoms with Gasteiger partial charge in [0.2, 0.25) is 5.91 Å². The summed E-state index contributed by atoms with van der Waals surface area (Å²) >= 11 is 0. The number of amides is 1. The van der Waals surface area contributed by atoms with Crippen molar-refractivity contribution >= 4 is 17.4 Å². The summed E-state index contributed by atoms with van der Waals surface area (Å²) in [4.78, 5) is 39.4. The molecule has 1 heterocycles. The number of benzene rings is 2. The molecule has 7 heteroatoms. The summed E-state index contributed by atoms with van der Waals surface area (Å²) in [5.41, 5.74) is 1.71. The predicted octanol–water partition coefficient (Wildman–Crippen LogP) is 2.15. The summed E-state index contributed by atoms with van der Waals surface area (Å²) in [6, 6.07) is 15.7. The van der Waals surface area contributed by atoms with Gasteiger partial charge in [0.15, 0.2) is 5.78 Å². The van der Waals surface area contributed by atoms with Crippen LogP contribution in [0, 0.1) is 0 Å². The van der Waals surface area contributed by atoms with Crippen molar-refractivity contribution in [2.75, 3.05) is 5.32 Å². The van der Waals surface area contributed by atoms with Crippen molar-refractivity contribution in [3.63, 3.8) is 0 Å². The molecule has 1 aromatic heterocycles. The lowest BCUT2D eigenvalue weighted by Crippen LogP contribution is -2.31. The molecule has 0 radical (unpaired) electrons. The van der Waals surface area contributed by atoms with E-state index < -0.39 is 11.6 Å². The maximum absolute atomic E-state index is 12.1. The van der Waals surface area contributed by atoms with Gasteiger partial charge in [0.05, 0.1) is 11.9 Å². The lowest BCUT2D eigenvalue weighted by Gasteiger charge is -2.07. The lowest BCUT2D eigenvalue weighted by atomic mass is 10.1. The molecular formula is C19H16N4O3. The summed E-state index contributed by atoms with van der Waals surface area (Å²) in [7, 11) is 0. The van der Waals surface area contributed by atoms with Gasteiger partial charge < -0.3 is 5.32 Å². The zero-order valence-electron chi connectivity index (χ0n) is 14.0. The molecule has 0 spiro atoms. The number of aromatic nitrogens is 3. The quantitative estimate of drug-likeness (QED) is 0.713. The van der Waals surface area contributed by atoms with Gasteiger partial charge in [-0.15, -0.1) is 0 Å². The van der Waals surface area contributed by atoms with Crippen LogP contribution in [-0.4, -0.2) is 26.5 Å². The SMILES string of the molecule is CC(=O)c1ccc(NC(=O)Cn2ncc(-c3ccccc3)nc2=O)cc1. The summed E-state index contributed by atoms with van der Waals surface area (Å²) in [5, 5.41) is 6.66. The molecule has 0 atom stereocenters. The molecule has 1 amide bonds. The zero-order chi connectivity index (χ0) is 18.5. The van der Waals surface area contributed by atoms with Crippen LogP contribution in [0.25, 0.3) is 11.3 Å². The normalized spacial score (nSPS) is 10.3. The Morgan fingerprint density at radius 3 is 2.35 bits per heavy atom. The van der Waals surface area contributed by atoms with Crippen LogP contribution in [-0.2, 0) is 11.3 Å². The number of carbonyl (C=O) groups excluding carboxylic acids is 2. The summed E-state index contributed by atoms with van der Waals surface area (Å²) in [5.74, 6) is -0.465. The summed E-state index contributed by atoms with van der Waals surface area (Å²) in [6.45, 7) is 1.22. The van der Waals surface area contributed by atoms with Crippen molar-refractivity contribution in [2.24, 2.45) is 0 Å². The van der Waals surface area contributed by atoms with Crippen LogP contribution >= 0.6 is 0 Å². The first-order valence-electron chi connectivity index (χ1n) is 7.93. The fourth-order valence-electron chi connectivity index (χ4n) is 2.34. The average Bonchev–Trinajstić information content (AvgIpc) is 2.64. The molecule has 0 aliphatic carbocycles. The van der Waals surface area contributed by atoms with Gasteiger partial charge in [-0.05, 0) is 31.2 Å². The van der Waals surface area contributed by atoms with E-state index in [-0.39, 0.29) is 12.3 Å². The predicted molar refractivity (Wildman–Crippen MR) is 96.8 cm³/mol. The van der Waals surface area contributed by atoms with E-state index in [2.05, 4.69) is 15.4 Å². The molecule has 3 aromatic rings. The molecular weight excluding hydrogens is 332 g/mol. The number of hydrogen-bond acceptors (Lipinski definition) is 5. The summed E-state index contributed by atoms with van der Waals surface area (Å²) in [6.07, 6.45) is 1.45. The molecule has 0 saturated heterocycles. The molecule has 0 bridgehead atoms. The Morgan fingerprint density at radius 2 is 1.73 bits per heavy atom. The monoisotopic (exact) mass is 348 g/mol. The second-order valence-electron chi connectivity index (χ2n) is 5.63. The second-order valence-corrected chi connectivity index (χ2v) is 5.63. The Morgan fingerprint density at radius 1 is 1.04 bits per heavy atom. The Hall–Kier alpha value is -3.61. The molecule has 3 rings (SSSR count). The molecule has 130 valence electrons. The van der Waals surface area contributed by atoms with E-state index in [1.807, 2.05) is 30.3 Å². The third kappa shape index (κ3) is 4.07. The summed E-state index contributed by atoms with van der Waals surface area (Å²) < 4.78 is 0.992. The van der Waals surface area contributed by atoms with Crippen molar-refractivity contribution in [2.45, 2.75) is 13.5 Å². The third-order valence-corrected chi connectivity index (χ3v) is 3.69. The Labute approximate surface area is 149 Å². The van der Waals surface area contributed by atoms with Crippen LogP contribution in [0.1, 0.15) is 17.3 Å². The van der Waals surface area contributed by atoms with Crippen molar-refractivity contribution in [3.05, 3.63) is 76.8 Å². The first-order valence-corrected chi connectivity index (χ1v) is 7.93. The van der Waals surface area contributed by atoms with Gasteiger partial charge in [0.1, 0.15) is 6.54 Å². The highest BCUT2D eigenvalue weighted by Gasteiger charge is 2.09. The lowest BCUT2D eigenvalue weighted by molar-refractivity contribution is -0.117. The Balaban J connectivity index is 1.69. The fourth-order valence-corrected chi connectivity index (χ4v) is 2.34. The van der Waals surface area contributed by atoms with E-state index >= 15 is 0 Å². The molecule has 2 aromatic carbocycles. The van der Waals surface area contributed by atoms with Gasteiger partial charge in [-0.3, -0.25) is 9.59 Å². The van der Waals surface area contributed by atoms with Crippen LogP contribution in [0.3, 0.4) is 0 Å². The van der Waals surface area contributed by atoms with Crippen LogP contribution in [0.15, 0.2) is 65.6 Å². The van der Waals surface area contributed by atoms with Crippen LogP contribution in [0.5, 0.6) is 0 Å². The highest BCUT2D eigenvalue weighted by Crippen LogP contribution is 2.13. The number of ketones is 1. The third-order valence-electron chi connectivity index (χ3n) is 3.69. The maximum Gasteiger partial charge on any atom is 0.365 e. The highest BCUT2D eigenvalue weighted by atomic mass is 16.2. The van der Waals surface area contributed by atoms with E-state index in [1.165, 1.54) is 13.1 Å². The van der Waals surface area contributed by atoms with E-state index in [0.29, 0.717) is 16.9 Å². The topological polar surface area (TPSA) is 93.9 Å². The Bertz CT molecular complexity index is 995. The first kappa shape index (κ1) is 17.2. The van der Waals surface area contributed by atoms with Gasteiger partial charge >= 0.3 is 5.69 Å². The van der Waals surface area contributed by atoms with Crippen molar-refractivity contribution in [1.82, 2.24) is 14.8 Å². The smallest absolute Gasteiger partial charge is 0.324 e. The Kier molecular flexibility index (Phi) is 4.98. The van der Waals surface area contributed by atoms with E-state index in [4.69, 9.17) is 0 Å². The molecule has 1 N–H and O–H groups in total. The largest absolute Gasteiger partial charge is 0.365 e. The fraction of sp³-hybridized carbons (Fsp3) is 0.105. The number of rotatable bonds is 5. The van der Waals surface area contributed by atoms with Gasteiger partial charge in [-0.25, -0.2) is 9.48 Å².